The molecule has 4 rings (SSSR count). The predicted molar refractivity (Wildman–Crippen MR) is 118 cm³/mol. The summed E-state index contributed by atoms with van der Waals surface area (Å²) in [6.45, 7) is 1.69. The summed E-state index contributed by atoms with van der Waals surface area (Å²) in [7, 11) is 0. The van der Waals surface area contributed by atoms with Gasteiger partial charge in [-0.05, 0) is 48.9 Å². The number of amides is 2. The van der Waals surface area contributed by atoms with Crippen molar-refractivity contribution in [3.8, 4) is 11.6 Å². The molecule has 0 saturated carbocycles. The highest BCUT2D eigenvalue weighted by atomic mass is 19.1. The second kappa shape index (κ2) is 9.45. The lowest BCUT2D eigenvalue weighted by atomic mass is 10.2. The minimum Gasteiger partial charge on any atom is -0.434 e. The molecule has 0 atom stereocenters. The second-order valence-corrected chi connectivity index (χ2v) is 7.21. The number of halogens is 2. The van der Waals surface area contributed by atoms with Gasteiger partial charge in [0.1, 0.15) is 24.1 Å². The number of rotatable bonds is 7. The van der Waals surface area contributed by atoms with Gasteiger partial charge in [0.15, 0.2) is 17.9 Å². The highest BCUT2D eigenvalue weighted by Gasteiger charge is 2.16. The highest BCUT2D eigenvalue weighted by molar-refractivity contribution is 6.08. The van der Waals surface area contributed by atoms with Crippen LogP contribution in [0.5, 0.6) is 11.6 Å². The van der Waals surface area contributed by atoms with Gasteiger partial charge in [0.2, 0.25) is 17.7 Å². The lowest BCUT2D eigenvalue weighted by Gasteiger charge is -2.10. The first-order chi connectivity index (χ1) is 16.3. The average molecular weight is 465 g/mol. The highest BCUT2D eigenvalue weighted by Crippen LogP contribution is 2.30. The molecule has 0 unspecified atom stereocenters. The summed E-state index contributed by atoms with van der Waals surface area (Å²) in [5.41, 5.74) is 1.83. The van der Waals surface area contributed by atoms with Gasteiger partial charge in [-0.15, -0.1) is 0 Å². The number of nitrogens with zero attached hydrogens (tertiary/aromatic N) is 3. The van der Waals surface area contributed by atoms with Crippen molar-refractivity contribution >= 4 is 35.0 Å². The van der Waals surface area contributed by atoms with E-state index in [-0.39, 0.29) is 17.3 Å². The van der Waals surface area contributed by atoms with E-state index in [1.165, 1.54) is 53.4 Å². The third-order valence-electron chi connectivity index (χ3n) is 4.83. The Bertz CT molecular complexity index is 1400. The standard InChI is InChI=1S/C23H17F2N5O4/c1-13-14(11-31)10-30-22(13)23(26-12-27-30)34-19-7-6-17(8-18(19)25)29-21(33)9-20(32)28-16-4-2-15(24)3-5-16/h2-8,10-12H,9H2,1H3,(H,28,32)(H,29,33). The summed E-state index contributed by atoms with van der Waals surface area (Å²) >= 11 is 0. The number of hydrogen-bond acceptors (Lipinski definition) is 6. The lowest BCUT2D eigenvalue weighted by molar-refractivity contribution is -0.123. The fourth-order valence-electron chi connectivity index (χ4n) is 3.19. The normalized spacial score (nSPS) is 10.7. The zero-order valence-corrected chi connectivity index (χ0v) is 17.7. The van der Waals surface area contributed by atoms with Crippen LogP contribution in [0.3, 0.4) is 0 Å². The number of carbonyl (C=O) groups is 3. The third kappa shape index (κ3) is 4.88. The van der Waals surface area contributed by atoms with Crippen LogP contribution < -0.4 is 15.4 Å². The van der Waals surface area contributed by atoms with E-state index in [9.17, 15) is 23.2 Å². The topological polar surface area (TPSA) is 115 Å². The molecule has 2 aromatic heterocycles. The fraction of sp³-hybridized carbons (Fsp3) is 0.0870. The van der Waals surface area contributed by atoms with Crippen LogP contribution in [0.15, 0.2) is 55.0 Å². The van der Waals surface area contributed by atoms with Crippen molar-refractivity contribution in [3.63, 3.8) is 0 Å². The predicted octanol–water partition coefficient (Wildman–Crippen LogP) is 3.89. The molecule has 0 aliphatic carbocycles. The Kier molecular flexibility index (Phi) is 6.26. The molecule has 9 nitrogen and oxygen atoms in total. The zero-order valence-electron chi connectivity index (χ0n) is 17.7. The molecule has 0 aliphatic rings. The van der Waals surface area contributed by atoms with E-state index in [2.05, 4.69) is 20.7 Å². The lowest BCUT2D eigenvalue weighted by Crippen LogP contribution is -2.21. The summed E-state index contributed by atoms with van der Waals surface area (Å²) in [4.78, 5) is 39.3. The monoisotopic (exact) mass is 465 g/mol. The minimum atomic E-state index is -0.787. The average Bonchev–Trinajstić information content (AvgIpc) is 3.13. The molecule has 0 spiro atoms. The summed E-state index contributed by atoms with van der Waals surface area (Å²) in [6, 6.07) is 8.79. The van der Waals surface area contributed by atoms with Crippen LogP contribution in [0.1, 0.15) is 22.3 Å². The zero-order chi connectivity index (χ0) is 24.2. The molecule has 0 bridgehead atoms. The molecule has 34 heavy (non-hydrogen) atoms. The van der Waals surface area contributed by atoms with E-state index in [0.29, 0.717) is 28.6 Å². The SMILES string of the molecule is Cc1c(C=O)cn2ncnc(Oc3ccc(NC(=O)CC(=O)Nc4ccc(F)cc4)cc3F)c12. The molecular weight excluding hydrogens is 448 g/mol. The Balaban J connectivity index is 1.42. The van der Waals surface area contributed by atoms with Gasteiger partial charge in [-0.2, -0.15) is 10.1 Å². The number of nitrogens with one attached hydrogen (secondary N) is 2. The maximum atomic E-state index is 14.6. The number of ether oxygens (including phenoxy) is 1. The van der Waals surface area contributed by atoms with E-state index < -0.39 is 29.9 Å². The van der Waals surface area contributed by atoms with Crippen LogP contribution in [0.25, 0.3) is 5.52 Å². The Labute approximate surface area is 191 Å². The van der Waals surface area contributed by atoms with Crippen molar-refractivity contribution in [1.29, 1.82) is 0 Å². The molecule has 4 aromatic rings. The summed E-state index contributed by atoms with van der Waals surface area (Å²) in [5, 5.41) is 8.90. The van der Waals surface area contributed by atoms with Crippen LogP contribution in [0.4, 0.5) is 20.2 Å². The van der Waals surface area contributed by atoms with Crippen molar-refractivity contribution in [2.75, 3.05) is 10.6 Å². The van der Waals surface area contributed by atoms with Gasteiger partial charge in [0, 0.05) is 29.2 Å². The van der Waals surface area contributed by atoms with Crippen molar-refractivity contribution < 1.29 is 27.9 Å². The molecule has 0 saturated heterocycles. The molecule has 2 heterocycles. The fourth-order valence-corrected chi connectivity index (χ4v) is 3.19. The van der Waals surface area contributed by atoms with Crippen molar-refractivity contribution in [3.05, 3.63) is 77.8 Å². The van der Waals surface area contributed by atoms with Gasteiger partial charge >= 0.3 is 0 Å². The van der Waals surface area contributed by atoms with Gasteiger partial charge in [-0.25, -0.2) is 13.3 Å². The number of aromatic nitrogens is 3. The maximum Gasteiger partial charge on any atom is 0.247 e. The summed E-state index contributed by atoms with van der Waals surface area (Å²) < 4.78 is 34.6. The molecule has 2 amide bonds. The van der Waals surface area contributed by atoms with Crippen LogP contribution in [-0.4, -0.2) is 32.7 Å². The van der Waals surface area contributed by atoms with Crippen LogP contribution in [0, 0.1) is 18.6 Å². The van der Waals surface area contributed by atoms with E-state index in [1.807, 2.05) is 0 Å². The largest absolute Gasteiger partial charge is 0.434 e. The minimum absolute atomic E-state index is 0.0498. The molecule has 0 aliphatic heterocycles. The summed E-state index contributed by atoms with van der Waals surface area (Å²) in [5.74, 6) is -2.64. The first-order valence-corrected chi connectivity index (χ1v) is 9.95. The third-order valence-corrected chi connectivity index (χ3v) is 4.83. The first-order valence-electron chi connectivity index (χ1n) is 9.95. The Morgan fingerprint density at radius 1 is 1.06 bits per heavy atom. The summed E-state index contributed by atoms with van der Waals surface area (Å²) in [6.07, 6.45) is 2.86. The van der Waals surface area contributed by atoms with E-state index in [0.717, 1.165) is 6.07 Å². The second-order valence-electron chi connectivity index (χ2n) is 7.21. The van der Waals surface area contributed by atoms with Crippen LogP contribution in [-0.2, 0) is 9.59 Å². The maximum absolute atomic E-state index is 14.6. The first kappa shape index (κ1) is 22.5. The van der Waals surface area contributed by atoms with Gasteiger partial charge in [-0.1, -0.05) is 0 Å². The number of aryl methyl sites for hydroxylation is 1. The van der Waals surface area contributed by atoms with Crippen LogP contribution in [0.2, 0.25) is 0 Å². The Morgan fingerprint density at radius 2 is 1.74 bits per heavy atom. The van der Waals surface area contributed by atoms with Crippen molar-refractivity contribution in [2.24, 2.45) is 0 Å². The van der Waals surface area contributed by atoms with Crippen molar-refractivity contribution in [2.45, 2.75) is 13.3 Å². The van der Waals surface area contributed by atoms with Crippen LogP contribution >= 0.6 is 0 Å². The Hall–Kier alpha value is -4.67. The number of hydrogen-bond donors (Lipinski definition) is 2. The van der Waals surface area contributed by atoms with Gasteiger partial charge in [0.05, 0.1) is 0 Å². The molecular formula is C23H17F2N5O4. The van der Waals surface area contributed by atoms with E-state index >= 15 is 0 Å². The molecule has 172 valence electrons. The molecule has 0 fully saturated rings. The molecule has 2 N–H and O–H groups in total. The quantitative estimate of drug-likeness (QED) is 0.316. The molecule has 11 heteroatoms. The number of anilines is 2. The van der Waals surface area contributed by atoms with E-state index in [1.54, 1.807) is 6.92 Å². The number of fused-ring (bicyclic) bond motifs is 1. The number of benzene rings is 2. The number of aldehydes is 1. The van der Waals surface area contributed by atoms with Gasteiger partial charge in [-0.3, -0.25) is 14.4 Å². The smallest absolute Gasteiger partial charge is 0.247 e. The van der Waals surface area contributed by atoms with E-state index in [4.69, 9.17) is 4.74 Å². The van der Waals surface area contributed by atoms with Gasteiger partial charge in [0.25, 0.3) is 0 Å². The van der Waals surface area contributed by atoms with Crippen molar-refractivity contribution in [1.82, 2.24) is 14.6 Å². The Morgan fingerprint density at radius 3 is 2.41 bits per heavy atom. The van der Waals surface area contributed by atoms with Gasteiger partial charge < -0.3 is 15.4 Å². The molecule has 2 aromatic carbocycles. The number of carbonyl (C=O) groups excluding carboxylic acids is 3. The molecule has 0 radical (unpaired) electrons.